The number of halogens is 1. The second-order valence-electron chi connectivity index (χ2n) is 4.02. The van der Waals surface area contributed by atoms with E-state index in [1.54, 1.807) is 0 Å². The van der Waals surface area contributed by atoms with E-state index in [9.17, 15) is 0 Å². The van der Waals surface area contributed by atoms with Crippen LogP contribution in [0.4, 0.5) is 0 Å². The van der Waals surface area contributed by atoms with Gasteiger partial charge in [0.1, 0.15) is 12.4 Å². The van der Waals surface area contributed by atoms with Gasteiger partial charge in [0.2, 0.25) is 0 Å². The lowest BCUT2D eigenvalue weighted by molar-refractivity contribution is 0.304. The first kappa shape index (κ1) is 12.2. The van der Waals surface area contributed by atoms with Crippen molar-refractivity contribution in [2.24, 2.45) is 7.05 Å². The average Bonchev–Trinajstić information content (AvgIpc) is 2.54. The zero-order valence-corrected chi connectivity index (χ0v) is 11.8. The predicted molar refractivity (Wildman–Crippen MR) is 71.2 cm³/mol. The Labute approximate surface area is 110 Å². The minimum atomic E-state index is 0.563. The lowest BCUT2D eigenvalue weighted by Crippen LogP contribution is -1.99. The van der Waals surface area contributed by atoms with Crippen molar-refractivity contribution in [3.05, 3.63) is 45.7 Å². The van der Waals surface area contributed by atoms with Crippen LogP contribution in [0.1, 0.15) is 17.0 Å². The third-order valence-electron chi connectivity index (χ3n) is 2.86. The molecule has 0 amide bonds. The highest BCUT2D eigenvalue weighted by Gasteiger charge is 2.09. The van der Waals surface area contributed by atoms with Crippen molar-refractivity contribution in [2.45, 2.75) is 20.5 Å². The molecular weight excluding hydrogens is 280 g/mol. The SMILES string of the molecule is Cc1nn(C)c(C)c1COc1ccc(Br)cc1. The van der Waals surface area contributed by atoms with Gasteiger partial charge in [0.15, 0.2) is 0 Å². The Hall–Kier alpha value is -1.29. The van der Waals surface area contributed by atoms with Crippen molar-refractivity contribution >= 4 is 15.9 Å². The molecule has 1 heterocycles. The summed E-state index contributed by atoms with van der Waals surface area (Å²) in [5.74, 6) is 0.871. The van der Waals surface area contributed by atoms with Crippen LogP contribution in [-0.2, 0) is 13.7 Å². The van der Waals surface area contributed by atoms with Crippen molar-refractivity contribution < 1.29 is 4.74 Å². The highest BCUT2D eigenvalue weighted by molar-refractivity contribution is 9.10. The predicted octanol–water partition coefficient (Wildman–Crippen LogP) is 3.38. The molecule has 2 rings (SSSR count). The van der Waals surface area contributed by atoms with Gasteiger partial charge in [0, 0.05) is 22.8 Å². The van der Waals surface area contributed by atoms with Gasteiger partial charge in [0.05, 0.1) is 5.69 Å². The van der Waals surface area contributed by atoms with E-state index in [-0.39, 0.29) is 0 Å². The van der Waals surface area contributed by atoms with Gasteiger partial charge in [-0.05, 0) is 38.1 Å². The maximum absolute atomic E-state index is 5.75. The molecule has 0 aliphatic heterocycles. The number of aromatic nitrogens is 2. The summed E-state index contributed by atoms with van der Waals surface area (Å²) in [4.78, 5) is 0. The summed E-state index contributed by atoms with van der Waals surface area (Å²) in [6.07, 6.45) is 0. The van der Waals surface area contributed by atoms with Gasteiger partial charge in [-0.2, -0.15) is 5.10 Å². The molecule has 2 aromatic rings. The maximum atomic E-state index is 5.75. The molecule has 0 atom stereocenters. The fraction of sp³-hybridized carbons (Fsp3) is 0.308. The Kier molecular flexibility index (Phi) is 3.52. The van der Waals surface area contributed by atoms with Crippen LogP contribution in [0.25, 0.3) is 0 Å². The van der Waals surface area contributed by atoms with Crippen molar-refractivity contribution in [1.82, 2.24) is 9.78 Å². The zero-order chi connectivity index (χ0) is 12.4. The fourth-order valence-electron chi connectivity index (χ4n) is 1.71. The lowest BCUT2D eigenvalue weighted by atomic mass is 10.2. The van der Waals surface area contributed by atoms with E-state index in [0.717, 1.165) is 27.2 Å². The maximum Gasteiger partial charge on any atom is 0.119 e. The minimum Gasteiger partial charge on any atom is -0.489 e. The molecular formula is C13H15BrN2O. The monoisotopic (exact) mass is 294 g/mol. The zero-order valence-electron chi connectivity index (χ0n) is 10.2. The summed E-state index contributed by atoms with van der Waals surface area (Å²) in [6, 6.07) is 7.84. The average molecular weight is 295 g/mol. The van der Waals surface area contributed by atoms with Crippen molar-refractivity contribution in [1.29, 1.82) is 0 Å². The van der Waals surface area contributed by atoms with E-state index in [4.69, 9.17) is 4.74 Å². The smallest absolute Gasteiger partial charge is 0.119 e. The lowest BCUT2D eigenvalue weighted by Gasteiger charge is -2.06. The molecule has 90 valence electrons. The van der Waals surface area contributed by atoms with Crippen molar-refractivity contribution in [3.63, 3.8) is 0 Å². The molecule has 3 nitrogen and oxygen atoms in total. The summed E-state index contributed by atoms with van der Waals surface area (Å²) < 4.78 is 8.69. The van der Waals surface area contributed by atoms with Crippen molar-refractivity contribution in [2.75, 3.05) is 0 Å². The Balaban J connectivity index is 2.09. The molecule has 4 heteroatoms. The number of aryl methyl sites for hydroxylation is 2. The Morgan fingerprint density at radius 1 is 1.24 bits per heavy atom. The molecule has 0 spiro atoms. The van der Waals surface area contributed by atoms with Gasteiger partial charge in [0.25, 0.3) is 0 Å². The Bertz CT molecular complexity index is 517. The molecule has 0 saturated carbocycles. The van der Waals surface area contributed by atoms with E-state index in [2.05, 4.69) is 28.0 Å². The normalized spacial score (nSPS) is 10.6. The molecule has 17 heavy (non-hydrogen) atoms. The van der Waals surface area contributed by atoms with Crippen molar-refractivity contribution in [3.8, 4) is 5.75 Å². The molecule has 0 N–H and O–H groups in total. The van der Waals surface area contributed by atoms with E-state index >= 15 is 0 Å². The van der Waals surface area contributed by atoms with Gasteiger partial charge in [-0.25, -0.2) is 0 Å². The van der Waals surface area contributed by atoms with Crippen LogP contribution in [0.5, 0.6) is 5.75 Å². The highest BCUT2D eigenvalue weighted by atomic mass is 79.9. The van der Waals surface area contributed by atoms with E-state index in [1.165, 1.54) is 0 Å². The quantitative estimate of drug-likeness (QED) is 0.868. The molecule has 0 saturated heterocycles. The highest BCUT2D eigenvalue weighted by Crippen LogP contribution is 2.19. The van der Waals surface area contributed by atoms with Crippen LogP contribution in [0.3, 0.4) is 0 Å². The molecule has 1 aromatic heterocycles. The summed E-state index contributed by atoms with van der Waals surface area (Å²) in [5.41, 5.74) is 3.34. The summed E-state index contributed by atoms with van der Waals surface area (Å²) in [6.45, 7) is 4.63. The fourth-order valence-corrected chi connectivity index (χ4v) is 1.98. The third kappa shape index (κ3) is 2.69. The van der Waals surface area contributed by atoms with Crippen LogP contribution in [0.2, 0.25) is 0 Å². The van der Waals surface area contributed by atoms with Crippen LogP contribution in [0.15, 0.2) is 28.7 Å². The Morgan fingerprint density at radius 3 is 2.41 bits per heavy atom. The largest absolute Gasteiger partial charge is 0.489 e. The first-order valence-electron chi connectivity index (χ1n) is 5.45. The van der Waals surface area contributed by atoms with E-state index in [0.29, 0.717) is 6.61 Å². The number of hydrogen-bond acceptors (Lipinski definition) is 2. The van der Waals surface area contributed by atoms with Gasteiger partial charge in [-0.1, -0.05) is 15.9 Å². The van der Waals surface area contributed by atoms with Crippen LogP contribution >= 0.6 is 15.9 Å². The standard InChI is InChI=1S/C13H15BrN2O/c1-9-13(10(2)16(3)15-9)8-17-12-6-4-11(14)5-7-12/h4-7H,8H2,1-3H3. The number of nitrogens with zero attached hydrogens (tertiary/aromatic N) is 2. The van der Waals surface area contributed by atoms with E-state index in [1.807, 2.05) is 42.9 Å². The number of benzene rings is 1. The second-order valence-corrected chi connectivity index (χ2v) is 4.93. The van der Waals surface area contributed by atoms with Gasteiger partial charge < -0.3 is 4.74 Å². The van der Waals surface area contributed by atoms with Crippen LogP contribution < -0.4 is 4.74 Å². The third-order valence-corrected chi connectivity index (χ3v) is 3.38. The first-order chi connectivity index (χ1) is 8.08. The minimum absolute atomic E-state index is 0.563. The molecule has 0 bridgehead atoms. The van der Waals surface area contributed by atoms with Gasteiger partial charge in [-0.3, -0.25) is 4.68 Å². The number of ether oxygens (including phenoxy) is 1. The topological polar surface area (TPSA) is 27.1 Å². The summed E-state index contributed by atoms with van der Waals surface area (Å²) in [7, 11) is 1.95. The molecule has 1 aromatic carbocycles. The molecule has 0 aliphatic carbocycles. The molecule has 0 radical (unpaired) electrons. The molecule has 0 unspecified atom stereocenters. The van der Waals surface area contributed by atoms with E-state index < -0.39 is 0 Å². The first-order valence-corrected chi connectivity index (χ1v) is 6.24. The summed E-state index contributed by atoms with van der Waals surface area (Å²) >= 11 is 3.40. The molecule has 0 aliphatic rings. The van der Waals surface area contributed by atoms with Gasteiger partial charge >= 0.3 is 0 Å². The second kappa shape index (κ2) is 4.92. The van der Waals surface area contributed by atoms with Crippen LogP contribution in [0, 0.1) is 13.8 Å². The Morgan fingerprint density at radius 2 is 1.88 bits per heavy atom. The number of hydrogen-bond donors (Lipinski definition) is 0. The summed E-state index contributed by atoms with van der Waals surface area (Å²) in [5, 5.41) is 4.37. The van der Waals surface area contributed by atoms with Gasteiger partial charge in [-0.15, -0.1) is 0 Å². The number of rotatable bonds is 3. The molecule has 0 fully saturated rings. The van der Waals surface area contributed by atoms with Crippen LogP contribution in [-0.4, -0.2) is 9.78 Å².